The molecule has 1 nitrogen and oxygen atoms in total. The quantitative estimate of drug-likeness (QED) is 0.724. The van der Waals surface area contributed by atoms with Crippen LogP contribution in [0.3, 0.4) is 0 Å². The Kier molecular flexibility index (Phi) is 4.97. The third kappa shape index (κ3) is 2.82. The molecule has 0 aliphatic rings. The van der Waals surface area contributed by atoms with Crippen molar-refractivity contribution < 1.29 is 0 Å². The molecule has 0 fully saturated rings. The second-order valence-electron chi connectivity index (χ2n) is 3.58. The van der Waals surface area contributed by atoms with Gasteiger partial charge in [-0.05, 0) is 42.2 Å². The summed E-state index contributed by atoms with van der Waals surface area (Å²) in [4.78, 5) is 4.43. The van der Waals surface area contributed by atoms with Gasteiger partial charge in [0.25, 0.3) is 0 Å². The molecule has 0 unspecified atom stereocenters. The second-order valence-corrected chi connectivity index (χ2v) is 3.58. The summed E-state index contributed by atoms with van der Waals surface area (Å²) in [6.45, 7) is 8.34. The number of fused-ring (bicyclic) bond motifs is 1. The number of hydrogen-bond donors (Lipinski definition) is 0. The summed E-state index contributed by atoms with van der Waals surface area (Å²) < 4.78 is 0. The lowest BCUT2D eigenvalue weighted by Gasteiger charge is -2.02. The summed E-state index contributed by atoms with van der Waals surface area (Å²) in [5.74, 6) is 0. The largest absolute Gasteiger partial charge is 0.256 e. The summed E-state index contributed by atoms with van der Waals surface area (Å²) in [7, 11) is 0. The zero-order chi connectivity index (χ0) is 12.0. The minimum absolute atomic E-state index is 1.05. The molecule has 0 amide bonds. The van der Waals surface area contributed by atoms with Gasteiger partial charge in [0, 0.05) is 11.6 Å². The summed E-state index contributed by atoms with van der Waals surface area (Å²) in [6, 6.07) is 8.73. The highest BCUT2D eigenvalue weighted by atomic mass is 14.6. The Hall–Kier alpha value is -1.37. The molecule has 2 rings (SSSR count). The van der Waals surface area contributed by atoms with Crippen molar-refractivity contribution in [2.75, 3.05) is 0 Å². The molecule has 2 aromatic rings. The molecule has 1 heteroatoms. The van der Waals surface area contributed by atoms with Gasteiger partial charge in [0.1, 0.15) is 0 Å². The van der Waals surface area contributed by atoms with Gasteiger partial charge in [0.2, 0.25) is 0 Å². The first-order valence-electron chi connectivity index (χ1n) is 6.21. The minimum Gasteiger partial charge on any atom is -0.256 e. The highest BCUT2D eigenvalue weighted by Crippen LogP contribution is 2.16. The molecule has 1 heterocycles. The van der Waals surface area contributed by atoms with E-state index in [1.807, 2.05) is 20.0 Å². The van der Waals surface area contributed by atoms with E-state index >= 15 is 0 Å². The summed E-state index contributed by atoms with van der Waals surface area (Å²) in [6.07, 6.45) is 4.11. The van der Waals surface area contributed by atoms with Crippen LogP contribution in [-0.2, 0) is 12.8 Å². The zero-order valence-electron chi connectivity index (χ0n) is 10.7. The molecule has 0 aliphatic carbocycles. The standard InChI is InChI=1S/C13H15N.C2H6/c1-3-10-5-6-13-12(7-10)8-11(4-2)9-14-13;1-2/h5-9H,3-4H2,1-2H3;1-2H3. The predicted octanol–water partition coefficient (Wildman–Crippen LogP) is 4.39. The Morgan fingerprint density at radius 1 is 0.938 bits per heavy atom. The fourth-order valence-corrected chi connectivity index (χ4v) is 1.64. The molecule has 0 saturated carbocycles. The van der Waals surface area contributed by atoms with Crippen molar-refractivity contribution in [2.45, 2.75) is 40.5 Å². The number of rotatable bonds is 2. The Labute approximate surface area is 98.5 Å². The van der Waals surface area contributed by atoms with Crippen LogP contribution in [0.2, 0.25) is 0 Å². The maximum absolute atomic E-state index is 4.43. The SMILES string of the molecule is CC.CCc1ccc2ncc(CC)cc2c1. The monoisotopic (exact) mass is 215 g/mol. The summed E-state index contributed by atoms with van der Waals surface area (Å²) >= 11 is 0. The van der Waals surface area contributed by atoms with Gasteiger partial charge in [-0.2, -0.15) is 0 Å². The Bertz CT molecular complexity index is 407. The van der Waals surface area contributed by atoms with Crippen LogP contribution in [0.4, 0.5) is 0 Å². The maximum atomic E-state index is 4.43. The second kappa shape index (κ2) is 6.26. The van der Waals surface area contributed by atoms with E-state index in [1.54, 1.807) is 0 Å². The smallest absolute Gasteiger partial charge is 0.0702 e. The number of nitrogens with zero attached hydrogens (tertiary/aromatic N) is 1. The van der Waals surface area contributed by atoms with Crippen LogP contribution in [0.1, 0.15) is 38.8 Å². The summed E-state index contributed by atoms with van der Waals surface area (Å²) in [5.41, 5.74) is 3.79. The molecule has 16 heavy (non-hydrogen) atoms. The van der Waals surface area contributed by atoms with Gasteiger partial charge < -0.3 is 0 Å². The third-order valence-electron chi connectivity index (χ3n) is 2.62. The Morgan fingerprint density at radius 3 is 2.19 bits per heavy atom. The van der Waals surface area contributed by atoms with Crippen LogP contribution in [0.5, 0.6) is 0 Å². The lowest BCUT2D eigenvalue weighted by atomic mass is 10.1. The van der Waals surface area contributed by atoms with Crippen LogP contribution in [0, 0.1) is 0 Å². The predicted molar refractivity (Wildman–Crippen MR) is 71.8 cm³/mol. The van der Waals surface area contributed by atoms with Crippen LogP contribution >= 0.6 is 0 Å². The first kappa shape index (κ1) is 12.7. The van der Waals surface area contributed by atoms with E-state index in [0.29, 0.717) is 0 Å². The van der Waals surface area contributed by atoms with Gasteiger partial charge in [-0.25, -0.2) is 0 Å². The lowest BCUT2D eigenvalue weighted by Crippen LogP contribution is -1.86. The van der Waals surface area contributed by atoms with Crippen molar-refractivity contribution in [1.29, 1.82) is 0 Å². The minimum atomic E-state index is 1.05. The Morgan fingerprint density at radius 2 is 1.56 bits per heavy atom. The molecule has 86 valence electrons. The molecule has 0 bridgehead atoms. The Balaban J connectivity index is 0.000000606. The van der Waals surface area contributed by atoms with Crippen molar-refractivity contribution in [2.24, 2.45) is 0 Å². The molecule has 0 atom stereocenters. The first-order chi connectivity index (χ1) is 7.83. The van der Waals surface area contributed by atoms with E-state index in [0.717, 1.165) is 18.4 Å². The fraction of sp³-hybridized carbons (Fsp3) is 0.400. The lowest BCUT2D eigenvalue weighted by molar-refractivity contribution is 1.11. The normalized spacial score (nSPS) is 9.75. The number of aryl methyl sites for hydroxylation is 2. The molecule has 0 radical (unpaired) electrons. The molecular formula is C15H21N. The molecular weight excluding hydrogens is 194 g/mol. The topological polar surface area (TPSA) is 12.9 Å². The zero-order valence-corrected chi connectivity index (χ0v) is 10.7. The van der Waals surface area contributed by atoms with Crippen molar-refractivity contribution in [3.8, 4) is 0 Å². The van der Waals surface area contributed by atoms with Gasteiger partial charge in [-0.15, -0.1) is 0 Å². The molecule has 0 saturated heterocycles. The molecule has 0 N–H and O–H groups in total. The first-order valence-corrected chi connectivity index (χ1v) is 6.21. The fourth-order valence-electron chi connectivity index (χ4n) is 1.64. The number of hydrogen-bond acceptors (Lipinski definition) is 1. The van der Waals surface area contributed by atoms with E-state index in [1.165, 1.54) is 16.5 Å². The van der Waals surface area contributed by atoms with Gasteiger partial charge in [-0.1, -0.05) is 33.8 Å². The van der Waals surface area contributed by atoms with E-state index in [2.05, 4.69) is 43.1 Å². The highest BCUT2D eigenvalue weighted by Gasteiger charge is 1.97. The average Bonchev–Trinajstić information content (AvgIpc) is 2.39. The van der Waals surface area contributed by atoms with Crippen LogP contribution in [0.15, 0.2) is 30.5 Å². The summed E-state index contributed by atoms with van der Waals surface area (Å²) in [5, 5.41) is 1.27. The van der Waals surface area contributed by atoms with Gasteiger partial charge in [0.15, 0.2) is 0 Å². The van der Waals surface area contributed by atoms with E-state index in [-0.39, 0.29) is 0 Å². The maximum Gasteiger partial charge on any atom is 0.0702 e. The van der Waals surface area contributed by atoms with Crippen molar-refractivity contribution >= 4 is 10.9 Å². The van der Waals surface area contributed by atoms with Gasteiger partial charge >= 0.3 is 0 Å². The van der Waals surface area contributed by atoms with Crippen LogP contribution < -0.4 is 0 Å². The highest BCUT2D eigenvalue weighted by molar-refractivity contribution is 5.79. The van der Waals surface area contributed by atoms with Gasteiger partial charge in [0.05, 0.1) is 5.52 Å². The van der Waals surface area contributed by atoms with Gasteiger partial charge in [-0.3, -0.25) is 4.98 Å². The molecule has 0 spiro atoms. The van der Waals surface area contributed by atoms with Crippen molar-refractivity contribution in [1.82, 2.24) is 4.98 Å². The van der Waals surface area contributed by atoms with Crippen LogP contribution in [0.25, 0.3) is 10.9 Å². The average molecular weight is 215 g/mol. The van der Waals surface area contributed by atoms with E-state index in [4.69, 9.17) is 0 Å². The number of pyridine rings is 1. The van der Waals surface area contributed by atoms with Crippen molar-refractivity contribution in [3.63, 3.8) is 0 Å². The van der Waals surface area contributed by atoms with Crippen LogP contribution in [-0.4, -0.2) is 4.98 Å². The molecule has 0 aliphatic heterocycles. The molecule has 1 aromatic carbocycles. The van der Waals surface area contributed by atoms with Crippen molar-refractivity contribution in [3.05, 3.63) is 41.6 Å². The number of benzene rings is 1. The van der Waals surface area contributed by atoms with E-state index < -0.39 is 0 Å². The third-order valence-corrected chi connectivity index (χ3v) is 2.62. The molecule has 1 aromatic heterocycles. The number of aromatic nitrogens is 1. The van der Waals surface area contributed by atoms with E-state index in [9.17, 15) is 0 Å².